The summed E-state index contributed by atoms with van der Waals surface area (Å²) in [5.41, 5.74) is 6.77. The molecule has 0 atom stereocenters. The van der Waals surface area contributed by atoms with Crippen molar-refractivity contribution < 1.29 is 9.90 Å². The number of carboxylic acids is 1. The Morgan fingerprint density at radius 2 is 1.84 bits per heavy atom. The molecule has 31 heavy (non-hydrogen) atoms. The molecule has 0 saturated carbocycles. The molecule has 0 bridgehead atoms. The van der Waals surface area contributed by atoms with Crippen molar-refractivity contribution in [2.75, 3.05) is 0 Å². The molecule has 2 heterocycles. The Hall–Kier alpha value is -2.33. The third-order valence-corrected chi connectivity index (χ3v) is 8.37. The van der Waals surface area contributed by atoms with Crippen LogP contribution in [0.5, 0.6) is 0 Å². The molecule has 0 aliphatic heterocycles. The van der Waals surface area contributed by atoms with Crippen LogP contribution in [0.3, 0.4) is 0 Å². The van der Waals surface area contributed by atoms with E-state index >= 15 is 0 Å². The Labute approximate surface area is 190 Å². The summed E-state index contributed by atoms with van der Waals surface area (Å²) in [5, 5.41) is 9.11. The van der Waals surface area contributed by atoms with Crippen LogP contribution < -0.4 is 0 Å². The highest BCUT2D eigenvalue weighted by atomic mass is 32.1. The molecular formula is C27H35NO2S. The van der Waals surface area contributed by atoms with Crippen LogP contribution in [0.1, 0.15) is 76.1 Å². The maximum atomic E-state index is 11.1. The Morgan fingerprint density at radius 1 is 1.19 bits per heavy atom. The number of carboxylic acid groups (broad SMARTS) is 1. The maximum absolute atomic E-state index is 11.1. The average Bonchev–Trinajstić information content (AvgIpc) is 3.27. The number of thiophene rings is 1. The molecule has 0 saturated heterocycles. The normalized spacial score (nSPS) is 17.7. The van der Waals surface area contributed by atoms with Gasteiger partial charge in [-0.3, -0.25) is 0 Å². The van der Waals surface area contributed by atoms with E-state index in [2.05, 4.69) is 64.8 Å². The molecule has 1 aliphatic rings. The Balaban J connectivity index is 2.13. The van der Waals surface area contributed by atoms with Crippen molar-refractivity contribution in [2.24, 2.45) is 0 Å². The van der Waals surface area contributed by atoms with Crippen LogP contribution in [0.15, 0.2) is 42.5 Å². The van der Waals surface area contributed by atoms with E-state index in [0.717, 1.165) is 17.8 Å². The van der Waals surface area contributed by atoms with E-state index in [-0.39, 0.29) is 16.4 Å². The van der Waals surface area contributed by atoms with Crippen LogP contribution in [0.4, 0.5) is 0 Å². The second kappa shape index (κ2) is 8.31. The van der Waals surface area contributed by atoms with Crippen molar-refractivity contribution in [2.45, 2.75) is 78.7 Å². The SMILES string of the molecule is C=C(/C=C\C(=C/C)c1ccc(-c2sc3c(c2C)C(C)(C)CCC3(C)C)n1CC)C(=O)O. The second-order valence-electron chi connectivity index (χ2n) is 9.78. The number of rotatable bonds is 6. The highest BCUT2D eigenvalue weighted by Crippen LogP contribution is 2.53. The highest BCUT2D eigenvalue weighted by Gasteiger charge is 2.41. The van der Waals surface area contributed by atoms with Crippen molar-refractivity contribution in [3.63, 3.8) is 0 Å². The van der Waals surface area contributed by atoms with E-state index in [0.29, 0.717) is 0 Å². The third-order valence-electron chi connectivity index (χ3n) is 6.69. The third kappa shape index (κ3) is 4.10. The first-order valence-electron chi connectivity index (χ1n) is 11.1. The van der Waals surface area contributed by atoms with Crippen molar-refractivity contribution in [3.8, 4) is 10.6 Å². The van der Waals surface area contributed by atoms with Gasteiger partial charge in [0.1, 0.15) is 0 Å². The number of aromatic nitrogens is 1. The first kappa shape index (κ1) is 23.3. The zero-order chi connectivity index (χ0) is 23.1. The van der Waals surface area contributed by atoms with E-state index in [1.807, 2.05) is 30.4 Å². The molecule has 3 nitrogen and oxygen atoms in total. The minimum absolute atomic E-state index is 0.0837. The maximum Gasteiger partial charge on any atom is 0.335 e. The summed E-state index contributed by atoms with van der Waals surface area (Å²) in [6.45, 7) is 20.4. The van der Waals surface area contributed by atoms with Gasteiger partial charge in [-0.25, -0.2) is 4.79 Å². The summed E-state index contributed by atoms with van der Waals surface area (Å²) in [6.07, 6.45) is 7.87. The molecule has 0 spiro atoms. The molecular weight excluding hydrogens is 402 g/mol. The summed E-state index contributed by atoms with van der Waals surface area (Å²) < 4.78 is 2.34. The molecule has 4 heteroatoms. The number of hydrogen-bond acceptors (Lipinski definition) is 2. The topological polar surface area (TPSA) is 42.2 Å². The molecule has 0 radical (unpaired) electrons. The highest BCUT2D eigenvalue weighted by molar-refractivity contribution is 7.16. The number of nitrogens with zero attached hydrogens (tertiary/aromatic N) is 1. The largest absolute Gasteiger partial charge is 0.478 e. The molecule has 3 rings (SSSR count). The number of aliphatic carboxylic acids is 1. The van der Waals surface area contributed by atoms with Gasteiger partial charge in [0.25, 0.3) is 0 Å². The van der Waals surface area contributed by atoms with E-state index < -0.39 is 5.97 Å². The van der Waals surface area contributed by atoms with Gasteiger partial charge < -0.3 is 9.67 Å². The van der Waals surface area contributed by atoms with Crippen molar-refractivity contribution in [1.29, 1.82) is 0 Å². The fourth-order valence-electron chi connectivity index (χ4n) is 4.76. The smallest absolute Gasteiger partial charge is 0.335 e. The molecule has 1 aliphatic carbocycles. The zero-order valence-electron chi connectivity index (χ0n) is 19.9. The van der Waals surface area contributed by atoms with Crippen LogP contribution in [-0.4, -0.2) is 15.6 Å². The lowest BCUT2D eigenvalue weighted by molar-refractivity contribution is -0.132. The van der Waals surface area contributed by atoms with Crippen LogP contribution in [0, 0.1) is 6.92 Å². The second-order valence-corrected chi connectivity index (χ2v) is 10.8. The minimum Gasteiger partial charge on any atom is -0.478 e. The number of hydrogen-bond donors (Lipinski definition) is 1. The lowest BCUT2D eigenvalue weighted by Gasteiger charge is -2.39. The van der Waals surface area contributed by atoms with Gasteiger partial charge in [0.05, 0.1) is 16.1 Å². The number of fused-ring (bicyclic) bond motifs is 1. The summed E-state index contributed by atoms with van der Waals surface area (Å²) in [7, 11) is 0. The van der Waals surface area contributed by atoms with Crippen LogP contribution in [0.2, 0.25) is 0 Å². The number of allylic oxidation sites excluding steroid dienone is 3. The standard InChI is InChI=1S/C27H35NO2S/c1-9-19(12-11-17(3)25(29)30)20-13-14-21(28(20)10-2)23-18(4)22-24(31-23)27(7,8)16-15-26(22,5)6/h9,11-14H,3,10,15-16H2,1-2,4-8H3,(H,29,30)/b12-11-,19-9+. The molecule has 2 aromatic rings. The molecule has 166 valence electrons. The number of carbonyl (C=O) groups is 1. The van der Waals surface area contributed by atoms with Crippen LogP contribution in [-0.2, 0) is 22.2 Å². The van der Waals surface area contributed by atoms with Gasteiger partial charge in [-0.1, -0.05) is 46.4 Å². The predicted molar refractivity (Wildman–Crippen MR) is 133 cm³/mol. The van der Waals surface area contributed by atoms with Crippen molar-refractivity contribution in [1.82, 2.24) is 4.57 Å². The summed E-state index contributed by atoms with van der Waals surface area (Å²) in [4.78, 5) is 14.0. The van der Waals surface area contributed by atoms with Crippen molar-refractivity contribution >= 4 is 22.9 Å². The van der Waals surface area contributed by atoms with E-state index in [1.165, 1.54) is 39.4 Å². The van der Waals surface area contributed by atoms with Crippen molar-refractivity contribution in [3.05, 3.63) is 64.2 Å². The first-order valence-corrected chi connectivity index (χ1v) is 11.9. The van der Waals surface area contributed by atoms with Gasteiger partial charge >= 0.3 is 5.97 Å². The van der Waals surface area contributed by atoms with Gasteiger partial charge in [-0.2, -0.15) is 0 Å². The zero-order valence-corrected chi connectivity index (χ0v) is 20.7. The van der Waals surface area contributed by atoms with Gasteiger partial charge in [-0.15, -0.1) is 11.3 Å². The Bertz CT molecular complexity index is 1090. The van der Waals surface area contributed by atoms with Gasteiger partial charge in [-0.05, 0) is 79.4 Å². The van der Waals surface area contributed by atoms with Gasteiger partial charge in [0.15, 0.2) is 0 Å². The van der Waals surface area contributed by atoms with E-state index in [9.17, 15) is 4.79 Å². The summed E-state index contributed by atoms with van der Waals surface area (Å²) >= 11 is 1.96. The predicted octanol–water partition coefficient (Wildman–Crippen LogP) is 7.49. The molecule has 2 aromatic heterocycles. The van der Waals surface area contributed by atoms with Gasteiger partial charge in [0.2, 0.25) is 0 Å². The van der Waals surface area contributed by atoms with E-state index in [4.69, 9.17) is 5.11 Å². The fourth-order valence-corrected chi connectivity index (χ4v) is 6.41. The molecule has 0 unspecified atom stereocenters. The Kier molecular flexibility index (Phi) is 6.25. The summed E-state index contributed by atoms with van der Waals surface area (Å²) in [5.74, 6) is -0.997. The monoisotopic (exact) mass is 437 g/mol. The molecule has 0 amide bonds. The van der Waals surface area contributed by atoms with E-state index in [1.54, 1.807) is 6.08 Å². The van der Waals surface area contributed by atoms with Gasteiger partial charge in [0, 0.05) is 17.1 Å². The molecule has 1 N–H and O–H groups in total. The Morgan fingerprint density at radius 3 is 2.39 bits per heavy atom. The lowest BCUT2D eigenvalue weighted by Crippen LogP contribution is -2.32. The summed E-state index contributed by atoms with van der Waals surface area (Å²) in [6, 6.07) is 4.36. The molecule has 0 aromatic carbocycles. The lowest BCUT2D eigenvalue weighted by atomic mass is 9.66. The fraction of sp³-hybridized carbons (Fsp3) is 0.444. The van der Waals surface area contributed by atoms with Crippen LogP contribution >= 0.6 is 11.3 Å². The van der Waals surface area contributed by atoms with Crippen LogP contribution in [0.25, 0.3) is 16.1 Å². The minimum atomic E-state index is -0.997. The molecule has 0 fully saturated rings. The quantitative estimate of drug-likeness (QED) is 0.376. The average molecular weight is 438 g/mol. The first-order chi connectivity index (χ1) is 14.4.